The predicted molar refractivity (Wildman–Crippen MR) is 57.4 cm³/mol. The maximum atomic E-state index is 10.9. The second-order valence-corrected chi connectivity index (χ2v) is 4.29. The van der Waals surface area contributed by atoms with E-state index in [1.807, 2.05) is 0 Å². The van der Waals surface area contributed by atoms with Crippen LogP contribution in [0.3, 0.4) is 0 Å². The molecule has 1 unspecified atom stereocenters. The van der Waals surface area contributed by atoms with Crippen LogP contribution in [0.2, 0.25) is 0 Å². The SMILES string of the molecule is CC(Br)c1c(C(=O)O)cccc1[N+](=O)[O-]. The van der Waals surface area contributed by atoms with Crippen LogP contribution in [0.25, 0.3) is 0 Å². The maximum absolute atomic E-state index is 10.9. The quantitative estimate of drug-likeness (QED) is 0.522. The first-order valence-corrected chi connectivity index (χ1v) is 5.01. The fourth-order valence-corrected chi connectivity index (χ4v) is 1.80. The number of aromatic carboxylic acids is 1. The van der Waals surface area contributed by atoms with Gasteiger partial charge in [-0.25, -0.2) is 4.79 Å². The molecule has 0 aliphatic rings. The van der Waals surface area contributed by atoms with Crippen LogP contribution in [-0.2, 0) is 0 Å². The predicted octanol–water partition coefficient (Wildman–Crippen LogP) is 2.75. The lowest BCUT2D eigenvalue weighted by Gasteiger charge is -2.08. The molecule has 1 rings (SSSR count). The molecule has 0 heterocycles. The van der Waals surface area contributed by atoms with Gasteiger partial charge in [-0.15, -0.1) is 0 Å². The van der Waals surface area contributed by atoms with Crippen LogP contribution in [-0.4, -0.2) is 16.0 Å². The average molecular weight is 274 g/mol. The molecular weight excluding hydrogens is 266 g/mol. The molecule has 0 saturated heterocycles. The second kappa shape index (κ2) is 4.39. The van der Waals surface area contributed by atoms with Crippen molar-refractivity contribution in [3.8, 4) is 0 Å². The summed E-state index contributed by atoms with van der Waals surface area (Å²) in [4.78, 5) is 20.6. The van der Waals surface area contributed by atoms with Gasteiger partial charge in [0.1, 0.15) is 0 Å². The number of alkyl halides is 1. The summed E-state index contributed by atoms with van der Waals surface area (Å²) in [6, 6.07) is 4.00. The maximum Gasteiger partial charge on any atom is 0.336 e. The van der Waals surface area contributed by atoms with E-state index in [4.69, 9.17) is 5.11 Å². The van der Waals surface area contributed by atoms with Crippen molar-refractivity contribution in [2.45, 2.75) is 11.8 Å². The van der Waals surface area contributed by atoms with Gasteiger partial charge in [-0.3, -0.25) is 10.1 Å². The van der Waals surface area contributed by atoms with Gasteiger partial charge in [0.25, 0.3) is 5.69 Å². The van der Waals surface area contributed by atoms with Gasteiger partial charge in [-0.1, -0.05) is 22.0 Å². The van der Waals surface area contributed by atoms with E-state index in [0.29, 0.717) is 0 Å². The van der Waals surface area contributed by atoms with Gasteiger partial charge in [0, 0.05) is 10.9 Å². The summed E-state index contributed by atoms with van der Waals surface area (Å²) in [6.07, 6.45) is 0. The molecule has 0 amide bonds. The van der Waals surface area contributed by atoms with Crippen molar-refractivity contribution in [3.63, 3.8) is 0 Å². The van der Waals surface area contributed by atoms with Crippen molar-refractivity contribution in [2.24, 2.45) is 0 Å². The van der Waals surface area contributed by atoms with Crippen LogP contribution in [0.1, 0.15) is 27.7 Å². The highest BCUT2D eigenvalue weighted by atomic mass is 79.9. The number of rotatable bonds is 3. The summed E-state index contributed by atoms with van der Waals surface area (Å²) in [7, 11) is 0. The molecule has 0 saturated carbocycles. The minimum Gasteiger partial charge on any atom is -0.478 e. The molecule has 1 atom stereocenters. The molecule has 0 aliphatic carbocycles. The van der Waals surface area contributed by atoms with Gasteiger partial charge in [0.15, 0.2) is 0 Å². The third-order valence-corrected chi connectivity index (χ3v) is 2.37. The highest BCUT2D eigenvalue weighted by molar-refractivity contribution is 9.09. The highest BCUT2D eigenvalue weighted by Crippen LogP contribution is 2.33. The zero-order valence-corrected chi connectivity index (χ0v) is 9.39. The van der Waals surface area contributed by atoms with E-state index >= 15 is 0 Å². The van der Waals surface area contributed by atoms with E-state index < -0.39 is 10.9 Å². The summed E-state index contributed by atoms with van der Waals surface area (Å²) < 4.78 is 0. The number of nitro groups is 1. The van der Waals surface area contributed by atoms with Crippen molar-refractivity contribution in [3.05, 3.63) is 39.4 Å². The van der Waals surface area contributed by atoms with Crippen molar-refractivity contribution in [1.29, 1.82) is 0 Å². The number of carboxylic acids is 1. The van der Waals surface area contributed by atoms with Crippen LogP contribution in [0.5, 0.6) is 0 Å². The van der Waals surface area contributed by atoms with E-state index in [1.165, 1.54) is 18.2 Å². The number of nitrogens with zero attached hydrogens (tertiary/aromatic N) is 1. The monoisotopic (exact) mass is 273 g/mol. The summed E-state index contributed by atoms with van der Waals surface area (Å²) in [5.74, 6) is -1.17. The Hall–Kier alpha value is -1.43. The molecule has 6 heteroatoms. The molecule has 5 nitrogen and oxygen atoms in total. The molecule has 0 fully saturated rings. The largest absolute Gasteiger partial charge is 0.478 e. The van der Waals surface area contributed by atoms with Gasteiger partial charge < -0.3 is 5.11 Å². The van der Waals surface area contributed by atoms with Crippen molar-refractivity contribution >= 4 is 27.6 Å². The zero-order chi connectivity index (χ0) is 11.6. The topological polar surface area (TPSA) is 80.4 Å². The number of hydrogen-bond acceptors (Lipinski definition) is 3. The number of halogens is 1. The summed E-state index contributed by atoms with van der Waals surface area (Å²) in [6.45, 7) is 1.65. The minimum absolute atomic E-state index is 0.0476. The van der Waals surface area contributed by atoms with Gasteiger partial charge >= 0.3 is 5.97 Å². The molecule has 0 spiro atoms. The first-order chi connectivity index (χ1) is 6.95. The second-order valence-electron chi connectivity index (χ2n) is 2.92. The normalized spacial score (nSPS) is 12.1. The highest BCUT2D eigenvalue weighted by Gasteiger charge is 2.23. The van der Waals surface area contributed by atoms with Gasteiger partial charge in [0.2, 0.25) is 0 Å². The number of hydrogen-bond donors (Lipinski definition) is 1. The molecule has 80 valence electrons. The van der Waals surface area contributed by atoms with Crippen molar-refractivity contribution in [2.75, 3.05) is 0 Å². The number of nitro benzene ring substituents is 1. The Morgan fingerprint density at radius 2 is 2.20 bits per heavy atom. The average Bonchev–Trinajstić information content (AvgIpc) is 2.16. The first-order valence-electron chi connectivity index (χ1n) is 4.09. The Morgan fingerprint density at radius 1 is 1.60 bits per heavy atom. The van der Waals surface area contributed by atoms with E-state index in [0.717, 1.165) is 0 Å². The van der Waals surface area contributed by atoms with Crippen LogP contribution in [0.15, 0.2) is 18.2 Å². The molecule has 0 radical (unpaired) electrons. The molecule has 1 aromatic carbocycles. The molecule has 0 aromatic heterocycles. The van der Waals surface area contributed by atoms with Crippen LogP contribution < -0.4 is 0 Å². The first kappa shape index (κ1) is 11.6. The van der Waals surface area contributed by atoms with E-state index in [9.17, 15) is 14.9 Å². The smallest absolute Gasteiger partial charge is 0.336 e. The fraction of sp³-hybridized carbons (Fsp3) is 0.222. The van der Waals surface area contributed by atoms with Gasteiger partial charge in [-0.05, 0) is 13.0 Å². The van der Waals surface area contributed by atoms with Crippen LogP contribution >= 0.6 is 15.9 Å². The lowest BCUT2D eigenvalue weighted by Crippen LogP contribution is -2.06. The molecule has 15 heavy (non-hydrogen) atoms. The third-order valence-electron chi connectivity index (χ3n) is 1.91. The number of carboxylic acid groups (broad SMARTS) is 1. The Morgan fingerprint density at radius 3 is 2.60 bits per heavy atom. The molecule has 0 bridgehead atoms. The van der Waals surface area contributed by atoms with E-state index in [1.54, 1.807) is 6.92 Å². The van der Waals surface area contributed by atoms with E-state index in [-0.39, 0.29) is 21.6 Å². The standard InChI is InChI=1S/C9H8BrNO4/c1-5(10)8-6(9(12)13)3-2-4-7(8)11(14)15/h2-5H,1H3,(H,12,13). The molecule has 0 aliphatic heterocycles. The third kappa shape index (κ3) is 2.33. The minimum atomic E-state index is -1.17. The lowest BCUT2D eigenvalue weighted by atomic mass is 10.0. The number of benzene rings is 1. The Kier molecular flexibility index (Phi) is 3.41. The van der Waals surface area contributed by atoms with Crippen LogP contribution in [0.4, 0.5) is 5.69 Å². The molecular formula is C9H8BrNO4. The van der Waals surface area contributed by atoms with Crippen molar-refractivity contribution in [1.82, 2.24) is 0 Å². The lowest BCUT2D eigenvalue weighted by molar-refractivity contribution is -0.385. The zero-order valence-electron chi connectivity index (χ0n) is 7.81. The Labute approximate surface area is 94.0 Å². The number of carbonyl (C=O) groups is 1. The fourth-order valence-electron chi connectivity index (χ4n) is 1.32. The Bertz CT molecular complexity index is 384. The van der Waals surface area contributed by atoms with E-state index in [2.05, 4.69) is 15.9 Å². The van der Waals surface area contributed by atoms with Crippen LogP contribution in [0, 0.1) is 10.1 Å². The van der Waals surface area contributed by atoms with Gasteiger partial charge in [-0.2, -0.15) is 0 Å². The van der Waals surface area contributed by atoms with Gasteiger partial charge in [0.05, 0.1) is 16.1 Å². The molecule has 1 N–H and O–H groups in total. The summed E-state index contributed by atoms with van der Waals surface area (Å²) in [5.41, 5.74) is -0.0390. The van der Waals surface area contributed by atoms with Crippen molar-refractivity contribution < 1.29 is 14.8 Å². The summed E-state index contributed by atoms with van der Waals surface area (Å²) in [5, 5.41) is 19.6. The summed E-state index contributed by atoms with van der Waals surface area (Å²) >= 11 is 3.15. The molecule has 1 aromatic rings. The Balaban J connectivity index is 3.48.